The van der Waals surface area contributed by atoms with Crippen LogP contribution in [0.5, 0.6) is 0 Å². The van der Waals surface area contributed by atoms with Gasteiger partial charge in [0.1, 0.15) is 0 Å². The Morgan fingerprint density at radius 1 is 0.643 bits per heavy atom. The molecule has 2 aliphatic carbocycles. The van der Waals surface area contributed by atoms with E-state index in [0.717, 1.165) is 24.2 Å². The van der Waals surface area contributed by atoms with Crippen LogP contribution >= 0.6 is 0 Å². The first-order valence-corrected chi connectivity index (χ1v) is 13.1. The van der Waals surface area contributed by atoms with Crippen molar-refractivity contribution in [2.24, 2.45) is 23.2 Å². The van der Waals surface area contributed by atoms with E-state index in [2.05, 4.69) is 19.9 Å². The van der Waals surface area contributed by atoms with Crippen molar-refractivity contribution in [2.45, 2.75) is 142 Å². The zero-order valence-electron chi connectivity index (χ0n) is 19.3. The highest BCUT2D eigenvalue weighted by atomic mass is 14.4. The fourth-order valence-corrected chi connectivity index (χ4v) is 5.97. The van der Waals surface area contributed by atoms with Gasteiger partial charge < -0.3 is 0 Å². The summed E-state index contributed by atoms with van der Waals surface area (Å²) in [6.45, 7) is 4.57. The number of unbranched alkanes of at least 4 members (excludes halogenated alkanes) is 6. The molecule has 1 heteroatoms. The maximum atomic E-state index is 9.74. The quantitative estimate of drug-likeness (QED) is 0.289. The van der Waals surface area contributed by atoms with Gasteiger partial charge in [0.2, 0.25) is 0 Å². The Hall–Kier alpha value is -0.510. The van der Waals surface area contributed by atoms with Crippen molar-refractivity contribution < 1.29 is 0 Å². The first kappa shape index (κ1) is 23.8. The Kier molecular flexibility index (Phi) is 11.6. The fraction of sp³-hybridized carbons (Fsp3) is 0.963. The van der Waals surface area contributed by atoms with Gasteiger partial charge >= 0.3 is 0 Å². The van der Waals surface area contributed by atoms with Crippen LogP contribution in [0.15, 0.2) is 0 Å². The third kappa shape index (κ3) is 8.47. The van der Waals surface area contributed by atoms with Gasteiger partial charge in [0, 0.05) is 0 Å². The van der Waals surface area contributed by atoms with Crippen LogP contribution in [0, 0.1) is 34.5 Å². The van der Waals surface area contributed by atoms with Crippen molar-refractivity contribution in [1.29, 1.82) is 5.26 Å². The Morgan fingerprint density at radius 3 is 1.71 bits per heavy atom. The first-order valence-electron chi connectivity index (χ1n) is 13.1. The highest BCUT2D eigenvalue weighted by Gasteiger charge is 2.35. The van der Waals surface area contributed by atoms with Gasteiger partial charge in [0.05, 0.1) is 11.5 Å². The average molecular weight is 388 g/mol. The summed E-state index contributed by atoms with van der Waals surface area (Å²) in [6.07, 6.45) is 27.7. The van der Waals surface area contributed by atoms with E-state index in [4.69, 9.17) is 0 Å². The van der Waals surface area contributed by atoms with Crippen molar-refractivity contribution in [3.8, 4) is 6.07 Å². The second kappa shape index (κ2) is 13.7. The molecule has 0 aromatic carbocycles. The van der Waals surface area contributed by atoms with Crippen LogP contribution in [0.4, 0.5) is 0 Å². The topological polar surface area (TPSA) is 23.8 Å². The Balaban J connectivity index is 1.55. The van der Waals surface area contributed by atoms with Crippen molar-refractivity contribution in [3.63, 3.8) is 0 Å². The lowest BCUT2D eigenvalue weighted by atomic mass is 9.67. The monoisotopic (exact) mass is 387 g/mol. The molecule has 0 radical (unpaired) electrons. The number of hydrogen-bond donors (Lipinski definition) is 0. The maximum Gasteiger partial charge on any atom is 0.0689 e. The predicted molar refractivity (Wildman–Crippen MR) is 122 cm³/mol. The van der Waals surface area contributed by atoms with Gasteiger partial charge in [0.15, 0.2) is 0 Å². The molecule has 2 rings (SSSR count). The van der Waals surface area contributed by atoms with E-state index in [9.17, 15) is 5.26 Å². The molecule has 0 aliphatic heterocycles. The van der Waals surface area contributed by atoms with Gasteiger partial charge in [-0.2, -0.15) is 5.26 Å². The third-order valence-corrected chi connectivity index (χ3v) is 8.22. The average Bonchev–Trinajstić information content (AvgIpc) is 2.74. The van der Waals surface area contributed by atoms with Crippen molar-refractivity contribution >= 4 is 0 Å². The van der Waals surface area contributed by atoms with Crippen LogP contribution in [-0.4, -0.2) is 0 Å². The SMILES string of the molecule is CCCCCCC[C@H]1CC[C@H](CC[C@H]2CC[C@@](C#N)(CCCCC)CC2)CC1. The highest BCUT2D eigenvalue weighted by Crippen LogP contribution is 2.44. The summed E-state index contributed by atoms with van der Waals surface area (Å²) in [5, 5.41) is 9.74. The smallest absolute Gasteiger partial charge is 0.0689 e. The summed E-state index contributed by atoms with van der Waals surface area (Å²) in [6, 6.07) is 2.74. The largest absolute Gasteiger partial charge is 0.198 e. The van der Waals surface area contributed by atoms with Crippen molar-refractivity contribution in [1.82, 2.24) is 0 Å². The minimum atomic E-state index is 0.0425. The lowest BCUT2D eigenvalue weighted by Crippen LogP contribution is -2.26. The van der Waals surface area contributed by atoms with Crippen molar-refractivity contribution in [2.75, 3.05) is 0 Å². The number of nitriles is 1. The highest BCUT2D eigenvalue weighted by molar-refractivity contribution is 5.01. The Bertz CT molecular complexity index is 418. The van der Waals surface area contributed by atoms with E-state index >= 15 is 0 Å². The van der Waals surface area contributed by atoms with Gasteiger partial charge in [0.25, 0.3) is 0 Å². The molecule has 0 bridgehead atoms. The summed E-state index contributed by atoms with van der Waals surface area (Å²) in [5.41, 5.74) is 0.0425. The van der Waals surface area contributed by atoms with E-state index in [1.807, 2.05) is 0 Å². The lowest BCUT2D eigenvalue weighted by molar-refractivity contribution is 0.171. The van der Waals surface area contributed by atoms with Crippen LogP contribution < -0.4 is 0 Å². The molecule has 2 aliphatic rings. The summed E-state index contributed by atoms with van der Waals surface area (Å²) >= 11 is 0. The summed E-state index contributed by atoms with van der Waals surface area (Å²) in [4.78, 5) is 0. The predicted octanol–water partition coefficient (Wildman–Crippen LogP) is 9.21. The molecular formula is C27H49N. The second-order valence-electron chi connectivity index (χ2n) is 10.5. The van der Waals surface area contributed by atoms with E-state index in [-0.39, 0.29) is 5.41 Å². The molecule has 0 unspecified atom stereocenters. The summed E-state index contributed by atoms with van der Waals surface area (Å²) in [7, 11) is 0. The standard InChI is InChI=1S/C27H49N/c1-3-5-7-8-9-11-24-12-14-25(15-13-24)16-17-26-18-21-27(23-28,22-19-26)20-10-6-4-2/h24-26H,3-22H2,1-2H3/t24-,25-,26-,27-. The number of hydrogen-bond acceptors (Lipinski definition) is 1. The van der Waals surface area contributed by atoms with Gasteiger partial charge in [-0.15, -0.1) is 0 Å². The summed E-state index contributed by atoms with van der Waals surface area (Å²) < 4.78 is 0. The molecule has 2 saturated carbocycles. The van der Waals surface area contributed by atoms with Crippen LogP contribution in [0.2, 0.25) is 0 Å². The van der Waals surface area contributed by atoms with Crippen LogP contribution in [-0.2, 0) is 0 Å². The Morgan fingerprint density at radius 2 is 1.14 bits per heavy atom. The van der Waals surface area contributed by atoms with Gasteiger partial charge in [-0.3, -0.25) is 0 Å². The van der Waals surface area contributed by atoms with E-state index in [0.29, 0.717) is 0 Å². The van der Waals surface area contributed by atoms with E-state index in [1.54, 1.807) is 0 Å². The minimum absolute atomic E-state index is 0.0425. The molecule has 0 aromatic heterocycles. The summed E-state index contributed by atoms with van der Waals surface area (Å²) in [5.74, 6) is 2.99. The molecule has 0 saturated heterocycles. The van der Waals surface area contributed by atoms with Gasteiger partial charge in [-0.1, -0.05) is 110 Å². The molecule has 28 heavy (non-hydrogen) atoms. The minimum Gasteiger partial charge on any atom is -0.198 e. The molecule has 162 valence electrons. The molecule has 0 aromatic rings. The normalized spacial score (nSPS) is 30.8. The lowest BCUT2D eigenvalue weighted by Gasteiger charge is -2.36. The molecule has 0 atom stereocenters. The zero-order valence-corrected chi connectivity index (χ0v) is 19.3. The van der Waals surface area contributed by atoms with Gasteiger partial charge in [-0.05, 0) is 49.9 Å². The van der Waals surface area contributed by atoms with Crippen LogP contribution in [0.3, 0.4) is 0 Å². The molecule has 0 heterocycles. The fourth-order valence-electron chi connectivity index (χ4n) is 5.97. The second-order valence-corrected chi connectivity index (χ2v) is 10.5. The molecule has 0 N–H and O–H groups in total. The molecule has 0 spiro atoms. The number of nitrogens with zero attached hydrogens (tertiary/aromatic N) is 1. The van der Waals surface area contributed by atoms with Crippen LogP contribution in [0.1, 0.15) is 142 Å². The van der Waals surface area contributed by atoms with Crippen LogP contribution in [0.25, 0.3) is 0 Å². The first-order chi connectivity index (χ1) is 13.7. The Labute approximate surface area is 177 Å². The maximum absolute atomic E-state index is 9.74. The zero-order chi connectivity index (χ0) is 20.1. The third-order valence-electron chi connectivity index (χ3n) is 8.22. The van der Waals surface area contributed by atoms with Crippen molar-refractivity contribution in [3.05, 3.63) is 0 Å². The molecule has 2 fully saturated rings. The molecule has 0 amide bonds. The molecular weight excluding hydrogens is 338 g/mol. The van der Waals surface area contributed by atoms with E-state index < -0.39 is 0 Å². The molecule has 1 nitrogen and oxygen atoms in total. The van der Waals surface area contributed by atoms with Gasteiger partial charge in [-0.25, -0.2) is 0 Å². The number of rotatable bonds is 13. The van der Waals surface area contributed by atoms with E-state index in [1.165, 1.54) is 122 Å².